The Bertz CT molecular complexity index is 1170. The van der Waals surface area contributed by atoms with Gasteiger partial charge in [0, 0.05) is 12.6 Å². The van der Waals surface area contributed by atoms with Crippen molar-refractivity contribution in [2.24, 2.45) is 52.3 Å². The summed E-state index contributed by atoms with van der Waals surface area (Å²) in [6.07, 6.45) is 10.7. The van der Waals surface area contributed by atoms with Crippen LogP contribution in [0.25, 0.3) is 0 Å². The summed E-state index contributed by atoms with van der Waals surface area (Å²) in [6.45, 7) is 10.2. The second-order valence-electron chi connectivity index (χ2n) is 14.8. The molecule has 0 amide bonds. The third kappa shape index (κ3) is 5.46. The standard InChI is InChI=1S/C33H51ClNO6P/c1-5-23-27-19-22(36)8-13-33(27,4)26-9-14-32(3)24(6-7-25(32)30(26)31(23)37)20(2)11-16-39-42(38)40-17-12-28(41-42)21-10-15-35-29(34)18-21/h10,15,18,20,22-28,30-31,36-37H,5-9,11-14,16-17,19H2,1-4H3/t20-,22-,23-,24-,25?,26?,27?,28-,30?,31-,32-,33-,42-/m1/s1. The minimum absolute atomic E-state index is 0.186. The van der Waals surface area contributed by atoms with Gasteiger partial charge in [0.05, 0.1) is 31.5 Å². The van der Waals surface area contributed by atoms with E-state index in [2.05, 4.69) is 32.7 Å². The highest BCUT2D eigenvalue weighted by Crippen LogP contribution is 2.69. The molecular weight excluding hydrogens is 573 g/mol. The van der Waals surface area contributed by atoms with Crippen LogP contribution in [0, 0.1) is 52.3 Å². The molecule has 4 saturated carbocycles. The number of phosphoric acid groups is 1. The molecule has 1 saturated heterocycles. The molecule has 1 aromatic rings. The predicted octanol–water partition coefficient (Wildman–Crippen LogP) is 7.99. The molecule has 1 aromatic heterocycles. The van der Waals surface area contributed by atoms with Crippen LogP contribution in [0.3, 0.4) is 0 Å². The van der Waals surface area contributed by atoms with E-state index >= 15 is 0 Å². The van der Waals surface area contributed by atoms with Gasteiger partial charge in [-0.3, -0.25) is 13.6 Å². The van der Waals surface area contributed by atoms with Crippen molar-refractivity contribution >= 4 is 19.4 Å². The maximum absolute atomic E-state index is 13.4. The average Bonchev–Trinajstić information content (AvgIpc) is 3.31. The van der Waals surface area contributed by atoms with E-state index in [9.17, 15) is 14.8 Å². The van der Waals surface area contributed by atoms with Gasteiger partial charge in [0.1, 0.15) is 5.15 Å². The number of fused-ring (bicyclic) bond motifs is 5. The van der Waals surface area contributed by atoms with Gasteiger partial charge in [0.25, 0.3) is 0 Å². The molecule has 6 rings (SSSR count). The van der Waals surface area contributed by atoms with Gasteiger partial charge in [-0.25, -0.2) is 9.55 Å². The highest BCUT2D eigenvalue weighted by molar-refractivity contribution is 7.48. The smallest absolute Gasteiger partial charge is 0.393 e. The zero-order chi connectivity index (χ0) is 29.9. The maximum atomic E-state index is 13.4. The van der Waals surface area contributed by atoms with Crippen molar-refractivity contribution in [3.05, 3.63) is 29.0 Å². The summed E-state index contributed by atoms with van der Waals surface area (Å²) in [6, 6.07) is 3.56. The highest BCUT2D eigenvalue weighted by atomic mass is 35.5. The van der Waals surface area contributed by atoms with Gasteiger partial charge >= 0.3 is 7.82 Å². The fourth-order valence-electron chi connectivity index (χ4n) is 10.9. The molecule has 2 N–H and O–H groups in total. The van der Waals surface area contributed by atoms with Crippen LogP contribution in [0.5, 0.6) is 0 Å². The van der Waals surface area contributed by atoms with E-state index in [-0.39, 0.29) is 29.0 Å². The number of phosphoric ester groups is 1. The van der Waals surface area contributed by atoms with Crippen LogP contribution in [0.1, 0.15) is 104 Å². The first-order chi connectivity index (χ1) is 20.0. The summed E-state index contributed by atoms with van der Waals surface area (Å²) in [4.78, 5) is 4.03. The number of halogens is 1. The van der Waals surface area contributed by atoms with Crippen LogP contribution in [0.2, 0.25) is 5.15 Å². The van der Waals surface area contributed by atoms with E-state index in [1.165, 1.54) is 25.7 Å². The molecule has 0 aromatic carbocycles. The Morgan fingerprint density at radius 2 is 1.88 bits per heavy atom. The molecular formula is C33H51ClNO6P. The molecule has 42 heavy (non-hydrogen) atoms. The summed E-state index contributed by atoms with van der Waals surface area (Å²) >= 11 is 6.06. The van der Waals surface area contributed by atoms with Gasteiger partial charge in [0.2, 0.25) is 0 Å². The Morgan fingerprint density at radius 3 is 2.64 bits per heavy atom. The number of aliphatic hydroxyl groups is 2. The third-order valence-electron chi connectivity index (χ3n) is 13.0. The van der Waals surface area contributed by atoms with E-state index in [1.54, 1.807) is 12.3 Å². The first kappa shape index (κ1) is 31.5. The number of aliphatic hydroxyl groups excluding tert-OH is 2. The van der Waals surface area contributed by atoms with Crippen LogP contribution in [0.4, 0.5) is 0 Å². The summed E-state index contributed by atoms with van der Waals surface area (Å²) in [5, 5.41) is 22.9. The first-order valence-electron chi connectivity index (χ1n) is 16.5. The summed E-state index contributed by atoms with van der Waals surface area (Å²) in [5.41, 5.74) is 1.23. The molecule has 0 radical (unpaired) electrons. The number of rotatable bonds is 7. The Kier molecular flexibility index (Phi) is 8.99. The molecule has 1 aliphatic heterocycles. The Morgan fingerprint density at radius 1 is 1.12 bits per heavy atom. The molecule has 13 atom stereocenters. The maximum Gasteiger partial charge on any atom is 0.475 e. The monoisotopic (exact) mass is 623 g/mol. The van der Waals surface area contributed by atoms with Gasteiger partial charge < -0.3 is 10.2 Å². The Labute approximate surface area is 257 Å². The second kappa shape index (κ2) is 12.0. The fraction of sp³-hybridized carbons (Fsp3) is 0.848. The minimum Gasteiger partial charge on any atom is -0.393 e. The van der Waals surface area contributed by atoms with Gasteiger partial charge in [-0.05, 0) is 121 Å². The van der Waals surface area contributed by atoms with Crippen LogP contribution < -0.4 is 0 Å². The lowest BCUT2D eigenvalue weighted by Crippen LogP contribution is -2.62. The average molecular weight is 624 g/mol. The normalized spacial score (nSPS) is 47.7. The Hall–Kier alpha value is -0.530. The lowest BCUT2D eigenvalue weighted by atomic mass is 9.41. The van der Waals surface area contributed by atoms with Crippen molar-refractivity contribution in [3.8, 4) is 0 Å². The topological polar surface area (TPSA) is 98.1 Å². The molecule has 5 aliphatic rings. The van der Waals surface area contributed by atoms with Crippen LogP contribution in [0.15, 0.2) is 18.3 Å². The Balaban J connectivity index is 1.10. The molecule has 7 nitrogen and oxygen atoms in total. The van der Waals surface area contributed by atoms with Crippen molar-refractivity contribution in [1.82, 2.24) is 4.98 Å². The molecule has 4 aliphatic carbocycles. The van der Waals surface area contributed by atoms with E-state index < -0.39 is 13.9 Å². The molecule has 0 bridgehead atoms. The molecule has 236 valence electrons. The fourth-order valence-corrected chi connectivity index (χ4v) is 12.5. The van der Waals surface area contributed by atoms with Crippen molar-refractivity contribution in [2.45, 2.75) is 110 Å². The van der Waals surface area contributed by atoms with Crippen molar-refractivity contribution in [2.75, 3.05) is 13.2 Å². The second-order valence-corrected chi connectivity index (χ2v) is 16.8. The zero-order valence-corrected chi connectivity index (χ0v) is 27.4. The van der Waals surface area contributed by atoms with E-state index in [0.717, 1.165) is 37.7 Å². The largest absolute Gasteiger partial charge is 0.475 e. The van der Waals surface area contributed by atoms with Crippen molar-refractivity contribution in [1.29, 1.82) is 0 Å². The van der Waals surface area contributed by atoms with Gasteiger partial charge in [-0.1, -0.05) is 45.7 Å². The number of nitrogens with zero attached hydrogens (tertiary/aromatic N) is 1. The van der Waals surface area contributed by atoms with Crippen molar-refractivity contribution in [3.63, 3.8) is 0 Å². The minimum atomic E-state index is -3.66. The van der Waals surface area contributed by atoms with Gasteiger partial charge in [0.15, 0.2) is 0 Å². The molecule has 0 spiro atoms. The van der Waals surface area contributed by atoms with Crippen LogP contribution in [-0.4, -0.2) is 40.6 Å². The summed E-state index contributed by atoms with van der Waals surface area (Å²) in [5.74, 6) is 3.04. The highest BCUT2D eigenvalue weighted by Gasteiger charge is 2.64. The molecule has 2 heterocycles. The third-order valence-corrected chi connectivity index (χ3v) is 14.7. The molecule has 4 unspecified atom stereocenters. The summed E-state index contributed by atoms with van der Waals surface area (Å²) in [7, 11) is -3.66. The van der Waals surface area contributed by atoms with Crippen molar-refractivity contribution < 1.29 is 28.3 Å². The lowest BCUT2D eigenvalue weighted by Gasteiger charge is -2.64. The summed E-state index contributed by atoms with van der Waals surface area (Å²) < 4.78 is 30.6. The quantitative estimate of drug-likeness (QED) is 0.235. The van der Waals surface area contributed by atoms with Crippen LogP contribution in [-0.2, 0) is 18.1 Å². The number of hydrogen-bond acceptors (Lipinski definition) is 7. The number of hydrogen-bond donors (Lipinski definition) is 2. The number of pyridine rings is 1. The predicted molar refractivity (Wildman–Crippen MR) is 163 cm³/mol. The number of aromatic nitrogens is 1. The van der Waals surface area contributed by atoms with Gasteiger partial charge in [-0.15, -0.1) is 0 Å². The zero-order valence-electron chi connectivity index (χ0n) is 25.8. The molecule has 5 fully saturated rings. The van der Waals surface area contributed by atoms with E-state index in [0.29, 0.717) is 60.3 Å². The van der Waals surface area contributed by atoms with Crippen LogP contribution >= 0.6 is 19.4 Å². The van der Waals surface area contributed by atoms with E-state index in [1.807, 2.05) is 6.07 Å². The van der Waals surface area contributed by atoms with E-state index in [4.69, 9.17) is 25.2 Å². The molecule has 9 heteroatoms. The van der Waals surface area contributed by atoms with Gasteiger partial charge in [-0.2, -0.15) is 0 Å². The SMILES string of the molecule is CC[C@@H]1C2C[C@H](O)CC[C@]2(C)C2CC[C@@]3(C)C(CC[C@@H]3[C@H](C)CCO[P@]3(=O)OCC[C@H](c4ccnc(Cl)c4)O3)C2[C@@H]1O. The first-order valence-corrected chi connectivity index (χ1v) is 18.4. The lowest BCUT2D eigenvalue weighted by molar-refractivity contribution is -0.203.